The van der Waals surface area contributed by atoms with E-state index in [1.54, 1.807) is 0 Å². The number of fused-ring (bicyclic) bond motifs is 9. The van der Waals surface area contributed by atoms with Crippen LogP contribution in [-0.4, -0.2) is 4.57 Å². The van der Waals surface area contributed by atoms with Gasteiger partial charge in [0.1, 0.15) is 0 Å². The Balaban J connectivity index is 1.12. The summed E-state index contributed by atoms with van der Waals surface area (Å²) in [6.07, 6.45) is 0. The molecule has 11 aromatic carbocycles. The molecular formula is C60H41N3. The molecule has 0 aliphatic carbocycles. The third-order valence-corrected chi connectivity index (χ3v) is 12.5. The third-order valence-electron chi connectivity index (χ3n) is 12.5. The fourth-order valence-corrected chi connectivity index (χ4v) is 9.65. The summed E-state index contributed by atoms with van der Waals surface area (Å²) >= 11 is 0. The Morgan fingerprint density at radius 2 is 0.603 bits per heavy atom. The molecule has 0 amide bonds. The molecule has 0 radical (unpaired) electrons. The van der Waals surface area contributed by atoms with Crippen LogP contribution in [0.3, 0.4) is 0 Å². The molecule has 12 aromatic rings. The maximum atomic E-state index is 2.46. The summed E-state index contributed by atoms with van der Waals surface area (Å²) in [5.41, 5.74) is 12.5. The van der Waals surface area contributed by atoms with Crippen LogP contribution in [0.25, 0.3) is 70.9 Å². The summed E-state index contributed by atoms with van der Waals surface area (Å²) in [5.74, 6) is 0. The van der Waals surface area contributed by atoms with Crippen LogP contribution in [0.5, 0.6) is 0 Å². The summed E-state index contributed by atoms with van der Waals surface area (Å²) in [6.45, 7) is 0. The van der Waals surface area contributed by atoms with Crippen LogP contribution in [-0.2, 0) is 0 Å². The van der Waals surface area contributed by atoms with Crippen LogP contribution in [0.15, 0.2) is 249 Å². The quantitative estimate of drug-likeness (QED) is 0.142. The van der Waals surface area contributed by atoms with Gasteiger partial charge in [0.05, 0.1) is 11.0 Å². The van der Waals surface area contributed by atoms with E-state index >= 15 is 0 Å². The Morgan fingerprint density at radius 1 is 0.222 bits per heavy atom. The van der Waals surface area contributed by atoms with Crippen LogP contribution >= 0.6 is 0 Å². The molecule has 0 saturated carbocycles. The van der Waals surface area contributed by atoms with Crippen molar-refractivity contribution in [1.82, 2.24) is 4.57 Å². The van der Waals surface area contributed by atoms with E-state index in [1.165, 1.54) is 54.2 Å². The van der Waals surface area contributed by atoms with Crippen molar-refractivity contribution in [3.8, 4) is 16.8 Å². The average Bonchev–Trinajstić information content (AvgIpc) is 3.68. The third kappa shape index (κ3) is 6.29. The number of aromatic nitrogens is 1. The van der Waals surface area contributed by atoms with Crippen molar-refractivity contribution in [3.05, 3.63) is 249 Å². The Morgan fingerprint density at radius 3 is 1.10 bits per heavy atom. The number of nitrogens with zero attached hydrogens (tertiary/aromatic N) is 3. The minimum atomic E-state index is 1.09. The van der Waals surface area contributed by atoms with Crippen molar-refractivity contribution < 1.29 is 0 Å². The molecule has 0 saturated heterocycles. The lowest BCUT2D eigenvalue weighted by Gasteiger charge is -2.26. The standard InChI is InChI=1S/C60H41N3/c1-6-18-42(19-7-1)43-30-34-53-51-28-16-17-29-52(51)56-39-50(31-35-54(56)55(53)38-43)63-59-36-32-48(61(44-20-8-2-9-21-44)45-22-10-3-11-23-45)40-57(59)58-41-49(33-37-60(58)63)62(46-24-12-4-13-25-46)47-26-14-5-15-27-47/h1-41H. The van der Waals surface area contributed by atoms with Gasteiger partial charge in [-0.1, -0.05) is 146 Å². The Labute approximate surface area is 366 Å². The predicted octanol–water partition coefficient (Wildman–Crippen LogP) is 16.8. The first kappa shape index (κ1) is 36.5. The van der Waals surface area contributed by atoms with Gasteiger partial charge in [0.2, 0.25) is 0 Å². The van der Waals surface area contributed by atoms with Gasteiger partial charge in [0.25, 0.3) is 0 Å². The zero-order valence-corrected chi connectivity index (χ0v) is 34.5. The molecule has 3 heteroatoms. The lowest BCUT2D eigenvalue weighted by molar-refractivity contribution is 1.18. The van der Waals surface area contributed by atoms with Gasteiger partial charge < -0.3 is 14.4 Å². The van der Waals surface area contributed by atoms with Crippen molar-refractivity contribution in [1.29, 1.82) is 0 Å². The molecule has 3 nitrogen and oxygen atoms in total. The molecule has 1 aromatic heterocycles. The van der Waals surface area contributed by atoms with E-state index in [0.717, 1.165) is 50.8 Å². The summed E-state index contributed by atoms with van der Waals surface area (Å²) in [4.78, 5) is 4.70. The van der Waals surface area contributed by atoms with Crippen molar-refractivity contribution in [3.63, 3.8) is 0 Å². The van der Waals surface area contributed by atoms with Gasteiger partial charge in [-0.05, 0) is 147 Å². The van der Waals surface area contributed by atoms with E-state index < -0.39 is 0 Å². The molecule has 12 rings (SSSR count). The van der Waals surface area contributed by atoms with Gasteiger partial charge >= 0.3 is 0 Å². The zero-order valence-electron chi connectivity index (χ0n) is 34.5. The summed E-state index contributed by atoms with van der Waals surface area (Å²) in [6, 6.07) is 90.1. The van der Waals surface area contributed by atoms with E-state index in [0.29, 0.717) is 0 Å². The fraction of sp³-hybridized carbons (Fsp3) is 0. The summed E-state index contributed by atoms with van der Waals surface area (Å²) in [7, 11) is 0. The zero-order chi connectivity index (χ0) is 41.7. The summed E-state index contributed by atoms with van der Waals surface area (Å²) in [5, 5.41) is 9.89. The van der Waals surface area contributed by atoms with Crippen LogP contribution in [0.2, 0.25) is 0 Å². The van der Waals surface area contributed by atoms with Crippen molar-refractivity contribution in [2.24, 2.45) is 0 Å². The molecule has 0 bridgehead atoms. The van der Waals surface area contributed by atoms with Crippen LogP contribution in [0.1, 0.15) is 0 Å². The highest BCUT2D eigenvalue weighted by molar-refractivity contribution is 6.26. The molecular weight excluding hydrogens is 763 g/mol. The van der Waals surface area contributed by atoms with Crippen molar-refractivity contribution >= 4 is 88.2 Å². The van der Waals surface area contributed by atoms with Gasteiger partial charge in [-0.2, -0.15) is 0 Å². The maximum absolute atomic E-state index is 2.46. The maximum Gasteiger partial charge on any atom is 0.0542 e. The van der Waals surface area contributed by atoms with Gasteiger partial charge in [0, 0.05) is 50.6 Å². The highest BCUT2D eigenvalue weighted by Crippen LogP contribution is 2.44. The monoisotopic (exact) mass is 803 g/mol. The number of rotatable bonds is 8. The average molecular weight is 804 g/mol. The van der Waals surface area contributed by atoms with E-state index in [4.69, 9.17) is 0 Å². The second-order valence-electron chi connectivity index (χ2n) is 16.2. The molecule has 0 fully saturated rings. The van der Waals surface area contributed by atoms with Crippen LogP contribution in [0.4, 0.5) is 34.1 Å². The Hall–Kier alpha value is -8.40. The van der Waals surface area contributed by atoms with E-state index in [2.05, 4.69) is 263 Å². The molecule has 0 atom stereocenters. The Kier molecular flexibility index (Phi) is 8.83. The smallest absolute Gasteiger partial charge is 0.0542 e. The molecule has 0 aliphatic rings. The SMILES string of the molecule is c1ccc(-c2ccc3c4ccccc4c4cc(-n5c6ccc(N(c7ccccc7)c7ccccc7)cc6c6cc(N(c7ccccc7)c7ccccc7)ccc65)ccc4c3c2)cc1. The predicted molar refractivity (Wildman–Crippen MR) is 268 cm³/mol. The second-order valence-corrected chi connectivity index (χ2v) is 16.2. The second kappa shape index (κ2) is 15.3. The minimum absolute atomic E-state index is 1.09. The normalized spacial score (nSPS) is 11.5. The number of anilines is 6. The lowest BCUT2D eigenvalue weighted by atomic mass is 9.92. The molecule has 0 unspecified atom stereocenters. The first-order chi connectivity index (χ1) is 31.3. The molecule has 63 heavy (non-hydrogen) atoms. The number of hydrogen-bond acceptors (Lipinski definition) is 2. The van der Waals surface area contributed by atoms with E-state index in [-0.39, 0.29) is 0 Å². The van der Waals surface area contributed by atoms with Crippen molar-refractivity contribution in [2.45, 2.75) is 0 Å². The molecule has 296 valence electrons. The van der Waals surface area contributed by atoms with Gasteiger partial charge in [0.15, 0.2) is 0 Å². The lowest BCUT2D eigenvalue weighted by Crippen LogP contribution is -2.09. The van der Waals surface area contributed by atoms with Crippen LogP contribution in [0, 0.1) is 0 Å². The topological polar surface area (TPSA) is 11.4 Å². The number of hydrogen-bond donors (Lipinski definition) is 0. The van der Waals surface area contributed by atoms with E-state index in [1.807, 2.05) is 0 Å². The minimum Gasteiger partial charge on any atom is -0.310 e. The van der Waals surface area contributed by atoms with Gasteiger partial charge in [-0.3, -0.25) is 0 Å². The summed E-state index contributed by atoms with van der Waals surface area (Å²) < 4.78 is 2.46. The highest BCUT2D eigenvalue weighted by atomic mass is 15.1. The first-order valence-corrected chi connectivity index (χ1v) is 21.6. The van der Waals surface area contributed by atoms with Crippen LogP contribution < -0.4 is 9.80 Å². The highest BCUT2D eigenvalue weighted by Gasteiger charge is 2.21. The largest absolute Gasteiger partial charge is 0.310 e. The molecule has 1 heterocycles. The first-order valence-electron chi connectivity index (χ1n) is 21.6. The Bertz CT molecular complexity index is 3380. The van der Waals surface area contributed by atoms with Gasteiger partial charge in [-0.25, -0.2) is 0 Å². The van der Waals surface area contributed by atoms with Crippen molar-refractivity contribution in [2.75, 3.05) is 9.80 Å². The van der Waals surface area contributed by atoms with E-state index in [9.17, 15) is 0 Å². The number of benzene rings is 11. The van der Waals surface area contributed by atoms with Gasteiger partial charge in [-0.15, -0.1) is 0 Å². The molecule has 0 spiro atoms. The fourth-order valence-electron chi connectivity index (χ4n) is 9.65. The molecule has 0 aliphatic heterocycles. The number of para-hydroxylation sites is 4. The molecule has 0 N–H and O–H groups in total.